The van der Waals surface area contributed by atoms with E-state index < -0.39 is 5.82 Å². The maximum atomic E-state index is 14.8. The Morgan fingerprint density at radius 2 is 1.91 bits per heavy atom. The minimum atomic E-state index is -0.493. The molecule has 1 saturated carbocycles. The Kier molecular flexibility index (Phi) is 7.08. The molecule has 0 unspecified atom stereocenters. The average molecular weight is 440 g/mol. The van der Waals surface area contributed by atoms with E-state index in [-0.39, 0.29) is 17.9 Å². The van der Waals surface area contributed by atoms with E-state index in [9.17, 15) is 9.18 Å². The molecule has 3 aromatic rings. The fourth-order valence-electron chi connectivity index (χ4n) is 3.11. The molecule has 1 heterocycles. The van der Waals surface area contributed by atoms with Crippen molar-refractivity contribution in [1.29, 1.82) is 0 Å². The second-order valence-electron chi connectivity index (χ2n) is 7.57. The number of halogens is 1. The molecule has 9 heteroatoms. The van der Waals surface area contributed by atoms with Crippen LogP contribution in [0.15, 0.2) is 42.7 Å². The van der Waals surface area contributed by atoms with E-state index in [1.165, 1.54) is 25.2 Å². The van der Waals surface area contributed by atoms with Crippen LogP contribution in [0.2, 0.25) is 0 Å². The average Bonchev–Trinajstić information content (AvgIpc) is 3.60. The molecule has 1 aromatic heterocycles. The number of rotatable bonds is 11. The van der Waals surface area contributed by atoms with Gasteiger partial charge in [-0.15, -0.1) is 0 Å². The van der Waals surface area contributed by atoms with Gasteiger partial charge in [0.1, 0.15) is 36.9 Å². The van der Waals surface area contributed by atoms with Gasteiger partial charge in [0.25, 0.3) is 0 Å². The third-order valence-corrected chi connectivity index (χ3v) is 4.93. The van der Waals surface area contributed by atoms with Gasteiger partial charge >= 0.3 is 0 Å². The normalized spacial score (nSPS) is 13.2. The summed E-state index contributed by atoms with van der Waals surface area (Å²) in [5.41, 5.74) is 1.75. The van der Waals surface area contributed by atoms with Crippen LogP contribution in [0.4, 0.5) is 21.6 Å². The first-order valence-corrected chi connectivity index (χ1v) is 10.4. The summed E-state index contributed by atoms with van der Waals surface area (Å²) in [6.07, 6.45) is 3.73. The summed E-state index contributed by atoms with van der Waals surface area (Å²) < 4.78 is 30.6. The van der Waals surface area contributed by atoms with Crippen LogP contribution in [0.1, 0.15) is 12.8 Å². The fourth-order valence-corrected chi connectivity index (χ4v) is 3.11. The number of nitrogens with zero attached hydrogens (tertiary/aromatic N) is 2. The van der Waals surface area contributed by atoms with Crippen LogP contribution in [0.3, 0.4) is 0 Å². The third kappa shape index (κ3) is 5.89. The minimum absolute atomic E-state index is 0.0415. The Morgan fingerprint density at radius 1 is 1.12 bits per heavy atom. The number of carbonyl (C=O) groups is 1. The number of anilines is 3. The molecular weight excluding hydrogens is 415 g/mol. The minimum Gasteiger partial charge on any atom is -0.491 e. The van der Waals surface area contributed by atoms with Gasteiger partial charge in [-0.2, -0.15) is 0 Å². The highest BCUT2D eigenvalue weighted by Gasteiger charge is 2.21. The summed E-state index contributed by atoms with van der Waals surface area (Å²) in [5.74, 6) is 0.636. The molecule has 0 spiro atoms. The number of ether oxygens (including phenoxy) is 3. The molecule has 1 amide bonds. The van der Waals surface area contributed by atoms with Crippen molar-refractivity contribution in [3.63, 3.8) is 0 Å². The van der Waals surface area contributed by atoms with E-state index in [0.717, 1.165) is 0 Å². The van der Waals surface area contributed by atoms with Gasteiger partial charge in [0.15, 0.2) is 0 Å². The number of carbonyl (C=O) groups excluding carboxylic acids is 1. The van der Waals surface area contributed by atoms with Crippen molar-refractivity contribution >= 4 is 34.0 Å². The SMILES string of the molecule is COCCOc1cc(F)c2c(Nc3ccc(NC(=O)COCC4CC4)cc3)ncnc2c1. The molecular formula is C23H25FN4O4. The van der Waals surface area contributed by atoms with Crippen molar-refractivity contribution in [2.24, 2.45) is 5.92 Å². The van der Waals surface area contributed by atoms with Gasteiger partial charge in [0.2, 0.25) is 5.91 Å². The fraction of sp³-hybridized carbons (Fsp3) is 0.348. The lowest BCUT2D eigenvalue weighted by Crippen LogP contribution is -2.18. The summed E-state index contributed by atoms with van der Waals surface area (Å²) in [4.78, 5) is 20.3. The molecule has 2 N–H and O–H groups in total. The van der Waals surface area contributed by atoms with Crippen LogP contribution >= 0.6 is 0 Å². The predicted molar refractivity (Wildman–Crippen MR) is 119 cm³/mol. The quantitative estimate of drug-likeness (QED) is 0.437. The van der Waals surface area contributed by atoms with Crippen LogP contribution < -0.4 is 15.4 Å². The van der Waals surface area contributed by atoms with Gasteiger partial charge in [-0.3, -0.25) is 4.79 Å². The van der Waals surface area contributed by atoms with E-state index in [1.54, 1.807) is 37.4 Å². The standard InChI is InChI=1S/C23H25FN4O4/c1-30-8-9-32-18-10-19(24)22-20(11-18)25-14-26-23(22)28-17-6-4-16(5-7-17)27-21(29)13-31-12-15-2-3-15/h4-7,10-11,14-15H,2-3,8-9,12-13H2,1H3,(H,27,29)(H,25,26,28). The number of benzene rings is 2. The molecule has 1 fully saturated rings. The molecule has 0 bridgehead atoms. The van der Waals surface area contributed by atoms with Gasteiger partial charge in [0.05, 0.1) is 24.1 Å². The highest BCUT2D eigenvalue weighted by Crippen LogP contribution is 2.30. The summed E-state index contributed by atoms with van der Waals surface area (Å²) in [7, 11) is 1.57. The number of aromatic nitrogens is 2. The number of hydrogen-bond donors (Lipinski definition) is 2. The van der Waals surface area contributed by atoms with Crippen molar-refractivity contribution in [1.82, 2.24) is 9.97 Å². The Morgan fingerprint density at radius 3 is 2.66 bits per heavy atom. The summed E-state index contributed by atoms with van der Waals surface area (Å²) >= 11 is 0. The smallest absolute Gasteiger partial charge is 0.250 e. The van der Waals surface area contributed by atoms with Crippen LogP contribution in [-0.4, -0.2) is 49.4 Å². The Balaban J connectivity index is 1.40. The van der Waals surface area contributed by atoms with Crippen LogP contribution in [0, 0.1) is 11.7 Å². The van der Waals surface area contributed by atoms with Crippen LogP contribution in [-0.2, 0) is 14.3 Å². The monoisotopic (exact) mass is 440 g/mol. The maximum Gasteiger partial charge on any atom is 0.250 e. The highest BCUT2D eigenvalue weighted by molar-refractivity contribution is 5.93. The maximum absolute atomic E-state index is 14.8. The van der Waals surface area contributed by atoms with E-state index in [2.05, 4.69) is 20.6 Å². The number of fused-ring (bicyclic) bond motifs is 1. The van der Waals surface area contributed by atoms with E-state index in [4.69, 9.17) is 14.2 Å². The van der Waals surface area contributed by atoms with Gasteiger partial charge in [0, 0.05) is 30.6 Å². The first kappa shape index (κ1) is 21.9. The largest absolute Gasteiger partial charge is 0.491 e. The zero-order chi connectivity index (χ0) is 22.3. The molecule has 168 valence electrons. The Labute approximate surface area is 185 Å². The first-order valence-electron chi connectivity index (χ1n) is 10.4. The lowest BCUT2D eigenvalue weighted by Gasteiger charge is -2.12. The molecule has 1 aliphatic rings. The second-order valence-corrected chi connectivity index (χ2v) is 7.57. The third-order valence-electron chi connectivity index (χ3n) is 4.93. The molecule has 32 heavy (non-hydrogen) atoms. The van der Waals surface area contributed by atoms with Crippen LogP contribution in [0.5, 0.6) is 5.75 Å². The zero-order valence-electron chi connectivity index (χ0n) is 17.8. The van der Waals surface area contributed by atoms with Gasteiger partial charge < -0.3 is 24.8 Å². The van der Waals surface area contributed by atoms with E-state index >= 15 is 0 Å². The summed E-state index contributed by atoms with van der Waals surface area (Å²) in [6.45, 7) is 1.40. The molecule has 2 aromatic carbocycles. The topological polar surface area (TPSA) is 94.6 Å². The number of nitrogens with one attached hydrogen (secondary N) is 2. The number of amides is 1. The lowest BCUT2D eigenvalue weighted by molar-refractivity contribution is -0.120. The van der Waals surface area contributed by atoms with Crippen molar-refractivity contribution in [3.8, 4) is 5.75 Å². The van der Waals surface area contributed by atoms with E-state index in [0.29, 0.717) is 54.2 Å². The number of methoxy groups -OCH3 is 1. The molecule has 1 aliphatic carbocycles. The predicted octanol–water partition coefficient (Wildman–Crippen LogP) is 3.90. The van der Waals surface area contributed by atoms with Crippen LogP contribution in [0.25, 0.3) is 10.9 Å². The number of hydrogen-bond acceptors (Lipinski definition) is 7. The van der Waals surface area contributed by atoms with Crippen molar-refractivity contribution in [2.75, 3.05) is 44.2 Å². The summed E-state index contributed by atoms with van der Waals surface area (Å²) in [5, 5.41) is 6.16. The Hall–Kier alpha value is -3.30. The lowest BCUT2D eigenvalue weighted by atomic mass is 10.2. The zero-order valence-corrected chi connectivity index (χ0v) is 17.8. The second kappa shape index (κ2) is 10.3. The van der Waals surface area contributed by atoms with Crippen molar-refractivity contribution < 1.29 is 23.4 Å². The molecule has 0 saturated heterocycles. The highest BCUT2D eigenvalue weighted by atomic mass is 19.1. The first-order chi connectivity index (χ1) is 15.6. The molecule has 0 radical (unpaired) electrons. The molecule has 0 aliphatic heterocycles. The van der Waals surface area contributed by atoms with E-state index in [1.807, 2.05) is 0 Å². The van der Waals surface area contributed by atoms with Gasteiger partial charge in [-0.05, 0) is 43.0 Å². The van der Waals surface area contributed by atoms with Gasteiger partial charge in [-0.1, -0.05) is 0 Å². The summed E-state index contributed by atoms with van der Waals surface area (Å²) in [6, 6.07) is 10.0. The Bertz CT molecular complexity index is 1070. The molecule has 4 rings (SSSR count). The van der Waals surface area contributed by atoms with Crippen molar-refractivity contribution in [2.45, 2.75) is 12.8 Å². The molecule has 0 atom stereocenters. The van der Waals surface area contributed by atoms with Crippen molar-refractivity contribution in [3.05, 3.63) is 48.5 Å². The molecule has 8 nitrogen and oxygen atoms in total. The van der Waals surface area contributed by atoms with Gasteiger partial charge in [-0.25, -0.2) is 14.4 Å².